The highest BCUT2D eigenvalue weighted by atomic mass is 16.3. The van der Waals surface area contributed by atoms with Gasteiger partial charge in [0, 0.05) is 11.6 Å². The van der Waals surface area contributed by atoms with Crippen LogP contribution < -0.4 is 5.32 Å². The van der Waals surface area contributed by atoms with Gasteiger partial charge in [-0.2, -0.15) is 0 Å². The van der Waals surface area contributed by atoms with Crippen molar-refractivity contribution in [1.82, 2.24) is 0 Å². The molecule has 2 N–H and O–H groups in total. The monoisotopic (exact) mass is 245 g/mol. The number of carbonyl (C=O) groups excluding carboxylic acids is 1. The molecule has 2 unspecified atom stereocenters. The second-order valence-electron chi connectivity index (χ2n) is 5.64. The van der Waals surface area contributed by atoms with E-state index in [1.54, 1.807) is 0 Å². The number of anilines is 1. The van der Waals surface area contributed by atoms with Crippen molar-refractivity contribution in [2.75, 3.05) is 5.32 Å². The second kappa shape index (κ2) is 4.39. The summed E-state index contributed by atoms with van der Waals surface area (Å²) in [4.78, 5) is 12.1. The number of nitrogens with one attached hydrogen (secondary N) is 1. The molecule has 2 aliphatic rings. The van der Waals surface area contributed by atoms with E-state index in [1.807, 2.05) is 25.1 Å². The third-order valence-electron chi connectivity index (χ3n) is 4.15. The Morgan fingerprint density at radius 1 is 1.44 bits per heavy atom. The quantitative estimate of drug-likeness (QED) is 0.856. The van der Waals surface area contributed by atoms with Crippen molar-refractivity contribution < 1.29 is 9.90 Å². The van der Waals surface area contributed by atoms with Crippen LogP contribution in [0.4, 0.5) is 5.69 Å². The number of amides is 1. The Balaban J connectivity index is 1.66. The normalized spacial score (nSPS) is 25.9. The van der Waals surface area contributed by atoms with Crippen LogP contribution in [0.2, 0.25) is 0 Å². The van der Waals surface area contributed by atoms with Crippen LogP contribution in [-0.4, -0.2) is 11.0 Å². The largest absolute Gasteiger partial charge is 0.392 e. The number of aryl methyl sites for hydroxylation is 1. The minimum absolute atomic E-state index is 0.0112. The fourth-order valence-electron chi connectivity index (χ4n) is 2.69. The molecule has 1 aromatic carbocycles. The molecule has 2 atom stereocenters. The van der Waals surface area contributed by atoms with Crippen LogP contribution in [0.3, 0.4) is 0 Å². The first-order valence-electron chi connectivity index (χ1n) is 6.70. The summed E-state index contributed by atoms with van der Waals surface area (Å²) in [7, 11) is 0. The van der Waals surface area contributed by atoms with Gasteiger partial charge in [-0.1, -0.05) is 12.1 Å². The van der Waals surface area contributed by atoms with Crippen molar-refractivity contribution in [2.45, 2.75) is 32.8 Å². The molecule has 0 saturated heterocycles. The van der Waals surface area contributed by atoms with Crippen molar-refractivity contribution in [3.8, 4) is 0 Å². The third-order valence-corrected chi connectivity index (χ3v) is 4.15. The number of aliphatic hydroxyl groups excluding tert-OH is 1. The Labute approximate surface area is 107 Å². The maximum Gasteiger partial charge on any atom is 0.227 e. The highest BCUT2D eigenvalue weighted by molar-refractivity contribution is 5.95. The maximum absolute atomic E-state index is 12.1. The minimum Gasteiger partial charge on any atom is -0.392 e. The van der Waals surface area contributed by atoms with Crippen LogP contribution in [0.15, 0.2) is 18.2 Å². The average Bonchev–Trinajstić information content (AvgIpc) is 3.22. The molecule has 0 heterocycles. The highest BCUT2D eigenvalue weighted by Gasteiger charge is 2.51. The summed E-state index contributed by atoms with van der Waals surface area (Å²) >= 11 is 0. The van der Waals surface area contributed by atoms with Gasteiger partial charge < -0.3 is 10.4 Å². The number of benzene rings is 1. The van der Waals surface area contributed by atoms with Gasteiger partial charge in [0.2, 0.25) is 5.91 Å². The van der Waals surface area contributed by atoms with Gasteiger partial charge in [-0.3, -0.25) is 4.79 Å². The van der Waals surface area contributed by atoms with E-state index in [-0.39, 0.29) is 18.4 Å². The number of rotatable bonds is 4. The van der Waals surface area contributed by atoms with Crippen LogP contribution in [-0.2, 0) is 11.4 Å². The van der Waals surface area contributed by atoms with Crippen molar-refractivity contribution in [3.05, 3.63) is 29.3 Å². The number of carbonyl (C=O) groups is 1. The molecule has 0 spiro atoms. The molecule has 0 radical (unpaired) electrons. The zero-order chi connectivity index (χ0) is 12.7. The lowest BCUT2D eigenvalue weighted by atomic mass is 10.1. The summed E-state index contributed by atoms with van der Waals surface area (Å²) in [6.45, 7) is 1.99. The summed E-state index contributed by atoms with van der Waals surface area (Å²) in [6.07, 6.45) is 3.69. The van der Waals surface area contributed by atoms with Crippen LogP contribution >= 0.6 is 0 Å². The van der Waals surface area contributed by atoms with Crippen molar-refractivity contribution in [3.63, 3.8) is 0 Å². The summed E-state index contributed by atoms with van der Waals surface area (Å²) in [5.41, 5.74) is 2.72. The van der Waals surface area contributed by atoms with Gasteiger partial charge in [0.25, 0.3) is 0 Å². The Hall–Kier alpha value is -1.35. The molecule has 0 bridgehead atoms. The lowest BCUT2D eigenvalue weighted by Crippen LogP contribution is -2.16. The summed E-state index contributed by atoms with van der Waals surface area (Å²) in [6, 6.07) is 5.68. The lowest BCUT2D eigenvalue weighted by Gasteiger charge is -2.09. The number of hydrogen-bond donors (Lipinski definition) is 2. The zero-order valence-corrected chi connectivity index (χ0v) is 10.6. The van der Waals surface area contributed by atoms with Gasteiger partial charge in [-0.15, -0.1) is 0 Å². The van der Waals surface area contributed by atoms with Gasteiger partial charge in [-0.25, -0.2) is 0 Å². The molecule has 18 heavy (non-hydrogen) atoms. The van der Waals surface area contributed by atoms with Crippen LogP contribution in [0.5, 0.6) is 0 Å². The molecule has 3 heteroatoms. The Morgan fingerprint density at radius 3 is 2.89 bits per heavy atom. The highest BCUT2D eigenvalue weighted by Crippen LogP contribution is 2.54. The van der Waals surface area contributed by atoms with Gasteiger partial charge in [0.05, 0.1) is 6.61 Å². The smallest absolute Gasteiger partial charge is 0.227 e. The van der Waals surface area contributed by atoms with Crippen LogP contribution in [0.1, 0.15) is 30.4 Å². The molecule has 3 nitrogen and oxygen atoms in total. The van der Waals surface area contributed by atoms with Gasteiger partial charge >= 0.3 is 0 Å². The van der Waals surface area contributed by atoms with Gasteiger partial charge in [0.1, 0.15) is 0 Å². The summed E-state index contributed by atoms with van der Waals surface area (Å²) < 4.78 is 0. The fraction of sp³-hybridized carbons (Fsp3) is 0.533. The zero-order valence-electron chi connectivity index (χ0n) is 10.6. The second-order valence-corrected chi connectivity index (χ2v) is 5.64. The van der Waals surface area contributed by atoms with Crippen molar-refractivity contribution in [1.29, 1.82) is 0 Å². The molecule has 1 aromatic rings. The standard InChI is InChI=1S/C15H19NO2/c1-9-2-3-10(8-17)6-14(9)16-15(18)13-7-12(13)11-4-5-11/h2-3,6,11-13,17H,4-5,7-8H2,1H3,(H,16,18). The minimum atomic E-state index is 0.0112. The van der Waals surface area contributed by atoms with E-state index in [2.05, 4.69) is 5.32 Å². The molecule has 0 aromatic heterocycles. The van der Waals surface area contributed by atoms with E-state index in [0.717, 1.165) is 29.2 Å². The van der Waals surface area contributed by atoms with Crippen LogP contribution in [0, 0.1) is 24.7 Å². The Morgan fingerprint density at radius 2 is 2.22 bits per heavy atom. The predicted octanol–water partition coefficient (Wildman–Crippen LogP) is 2.47. The summed E-state index contributed by atoms with van der Waals surface area (Å²) in [5.74, 6) is 1.86. The van der Waals surface area contributed by atoms with Crippen LogP contribution in [0.25, 0.3) is 0 Å². The molecule has 1 amide bonds. The first-order chi connectivity index (χ1) is 8.69. The Bertz CT molecular complexity index is 479. The Kier molecular flexibility index (Phi) is 2.86. The van der Waals surface area contributed by atoms with E-state index in [0.29, 0.717) is 5.92 Å². The van der Waals surface area contributed by atoms with Gasteiger partial charge in [0.15, 0.2) is 0 Å². The SMILES string of the molecule is Cc1ccc(CO)cc1NC(=O)C1CC1C1CC1. The maximum atomic E-state index is 12.1. The molecular formula is C15H19NO2. The number of hydrogen-bond acceptors (Lipinski definition) is 2. The van der Waals surface area contributed by atoms with Gasteiger partial charge in [-0.05, 0) is 55.2 Å². The fourth-order valence-corrected chi connectivity index (χ4v) is 2.69. The predicted molar refractivity (Wildman–Crippen MR) is 70.1 cm³/mol. The topological polar surface area (TPSA) is 49.3 Å². The van der Waals surface area contributed by atoms with E-state index >= 15 is 0 Å². The number of aliphatic hydroxyl groups is 1. The molecule has 2 aliphatic carbocycles. The van der Waals surface area contributed by atoms with E-state index in [4.69, 9.17) is 5.11 Å². The first kappa shape index (κ1) is 11.7. The molecule has 0 aliphatic heterocycles. The summed E-state index contributed by atoms with van der Waals surface area (Å²) in [5, 5.41) is 12.1. The molecule has 2 fully saturated rings. The first-order valence-corrected chi connectivity index (χ1v) is 6.70. The van der Waals surface area contributed by atoms with Crippen molar-refractivity contribution in [2.24, 2.45) is 17.8 Å². The third kappa shape index (κ3) is 2.27. The molecule has 3 rings (SSSR count). The molecule has 96 valence electrons. The average molecular weight is 245 g/mol. The van der Waals surface area contributed by atoms with E-state index in [9.17, 15) is 4.79 Å². The van der Waals surface area contributed by atoms with E-state index in [1.165, 1.54) is 12.8 Å². The van der Waals surface area contributed by atoms with Crippen molar-refractivity contribution >= 4 is 11.6 Å². The molecule has 2 saturated carbocycles. The lowest BCUT2D eigenvalue weighted by molar-refractivity contribution is -0.117. The van der Waals surface area contributed by atoms with E-state index < -0.39 is 0 Å². The molecular weight excluding hydrogens is 226 g/mol.